The summed E-state index contributed by atoms with van der Waals surface area (Å²) in [6.07, 6.45) is 0.660. The number of carbonyl (C=O) groups is 2. The van der Waals surface area contributed by atoms with E-state index >= 15 is 0 Å². The fourth-order valence-corrected chi connectivity index (χ4v) is 3.58. The third-order valence-corrected chi connectivity index (χ3v) is 5.59. The van der Waals surface area contributed by atoms with Gasteiger partial charge in [-0.25, -0.2) is 23.9 Å². The lowest BCUT2D eigenvalue weighted by atomic mass is 9.98. The first kappa shape index (κ1) is 27.9. The minimum atomic E-state index is -4.88. The van der Waals surface area contributed by atoms with Gasteiger partial charge in [0, 0.05) is 18.0 Å². The Morgan fingerprint density at radius 1 is 0.900 bits per heavy atom. The monoisotopic (exact) mass is 548 g/mol. The zero-order chi connectivity index (χ0) is 28.9. The van der Waals surface area contributed by atoms with Gasteiger partial charge in [0.1, 0.15) is 0 Å². The quantitative estimate of drug-likeness (QED) is 0.0767. The van der Waals surface area contributed by atoms with Crippen molar-refractivity contribution in [3.05, 3.63) is 127 Å². The lowest BCUT2D eigenvalue weighted by molar-refractivity contribution is -0.122. The van der Waals surface area contributed by atoms with Crippen LogP contribution < -0.4 is 4.74 Å². The first-order valence-corrected chi connectivity index (χ1v) is 11.7. The average molecular weight is 548 g/mol. The minimum absolute atomic E-state index is 0.0906. The zero-order valence-electron chi connectivity index (χ0n) is 20.7. The number of esters is 2. The Morgan fingerprint density at radius 2 is 1.55 bits per heavy atom. The molecule has 40 heavy (non-hydrogen) atoms. The predicted octanol–water partition coefficient (Wildman–Crippen LogP) is 7.13. The molecule has 0 saturated carbocycles. The van der Waals surface area contributed by atoms with Crippen LogP contribution in [0.25, 0.3) is 22.5 Å². The summed E-state index contributed by atoms with van der Waals surface area (Å²) in [4.78, 5) is 33.4. The van der Waals surface area contributed by atoms with Crippen LogP contribution in [0, 0.1) is 5.82 Å². The topological polar surface area (TPSA) is 78.4 Å². The van der Waals surface area contributed by atoms with E-state index in [-0.39, 0.29) is 16.9 Å². The molecule has 0 bridgehead atoms. The predicted molar refractivity (Wildman–Crippen MR) is 139 cm³/mol. The Balaban J connectivity index is 1.51. The van der Waals surface area contributed by atoms with E-state index in [1.807, 2.05) is 0 Å². The van der Waals surface area contributed by atoms with E-state index in [1.54, 1.807) is 36.7 Å². The highest BCUT2D eigenvalue weighted by molar-refractivity contribution is 5.99. The molecule has 4 rings (SSSR count). The van der Waals surface area contributed by atoms with Crippen LogP contribution in [0.15, 0.2) is 104 Å². The van der Waals surface area contributed by atoms with Crippen LogP contribution in [0.3, 0.4) is 0 Å². The zero-order valence-corrected chi connectivity index (χ0v) is 20.7. The van der Waals surface area contributed by atoms with Crippen LogP contribution in [0.5, 0.6) is 5.75 Å². The third-order valence-electron chi connectivity index (χ3n) is 5.59. The molecule has 0 aliphatic rings. The normalized spacial score (nSPS) is 11.0. The van der Waals surface area contributed by atoms with Gasteiger partial charge >= 0.3 is 18.1 Å². The van der Waals surface area contributed by atoms with Gasteiger partial charge in [-0.05, 0) is 59.5 Å². The van der Waals surface area contributed by atoms with Crippen molar-refractivity contribution in [1.29, 1.82) is 0 Å². The van der Waals surface area contributed by atoms with E-state index in [4.69, 9.17) is 4.74 Å². The molecule has 3 aromatic carbocycles. The lowest BCUT2D eigenvalue weighted by Crippen LogP contribution is -2.17. The molecule has 1 aromatic heterocycles. The number of ether oxygens (including phenoxy) is 2. The number of hydrogen-bond donors (Lipinski definition) is 0. The Bertz CT molecular complexity index is 1580. The van der Waals surface area contributed by atoms with Crippen molar-refractivity contribution in [3.63, 3.8) is 0 Å². The number of hydrogen-bond acceptors (Lipinski definition) is 6. The van der Waals surface area contributed by atoms with Crippen LogP contribution in [0.2, 0.25) is 0 Å². The second kappa shape index (κ2) is 11.7. The molecule has 0 amide bonds. The molecule has 0 atom stereocenters. The van der Waals surface area contributed by atoms with E-state index in [9.17, 15) is 27.2 Å². The maximum Gasteiger partial charge on any atom is 0.449 e. The molecule has 0 radical (unpaired) electrons. The van der Waals surface area contributed by atoms with Crippen LogP contribution >= 0.6 is 0 Å². The van der Waals surface area contributed by atoms with Crippen LogP contribution in [-0.4, -0.2) is 28.1 Å². The number of benzene rings is 3. The molecular formula is C30H20F4N2O4. The van der Waals surface area contributed by atoms with Gasteiger partial charge in [0.25, 0.3) is 0 Å². The molecule has 0 aliphatic heterocycles. The van der Waals surface area contributed by atoms with E-state index in [1.165, 1.54) is 42.5 Å². The van der Waals surface area contributed by atoms with Gasteiger partial charge in [0.2, 0.25) is 5.76 Å². The Kier molecular flexibility index (Phi) is 8.18. The molecule has 0 unspecified atom stereocenters. The summed E-state index contributed by atoms with van der Waals surface area (Å²) < 4.78 is 62.2. The SMILES string of the molecule is C=CCc1cnc(-c2ccc(OC(=O)c3ccccc3-c3ccc(C(=O)OC(=C)C(F)(F)F)cc3)c(F)c2)nc1. The van der Waals surface area contributed by atoms with Gasteiger partial charge in [0.15, 0.2) is 17.4 Å². The maximum atomic E-state index is 14.9. The van der Waals surface area contributed by atoms with E-state index in [2.05, 4.69) is 27.9 Å². The summed E-state index contributed by atoms with van der Waals surface area (Å²) in [5, 5.41) is 0. The number of rotatable bonds is 8. The first-order chi connectivity index (χ1) is 19.1. The van der Waals surface area contributed by atoms with Crippen LogP contribution in [0.4, 0.5) is 17.6 Å². The van der Waals surface area contributed by atoms with Crippen LogP contribution in [-0.2, 0) is 11.2 Å². The number of carbonyl (C=O) groups excluding carboxylic acids is 2. The molecule has 202 valence electrons. The molecule has 0 spiro atoms. The molecule has 0 fully saturated rings. The van der Waals surface area contributed by atoms with Crippen molar-refractivity contribution in [2.75, 3.05) is 0 Å². The summed E-state index contributed by atoms with van der Waals surface area (Å²) in [5.41, 5.74) is 2.01. The summed E-state index contributed by atoms with van der Waals surface area (Å²) >= 11 is 0. The lowest BCUT2D eigenvalue weighted by Gasteiger charge is -2.12. The standard InChI is InChI=1S/C30H20F4N2O4/c1-3-6-19-16-35-27(36-17-19)22-13-14-26(25(31)15-22)40-29(38)24-8-5-4-7-23(24)20-9-11-21(12-10-20)28(37)39-18(2)30(32,33)34/h3-5,7-17H,1-2,6H2. The Hall–Kier alpha value is -5.12. The van der Waals surface area contributed by atoms with Crippen molar-refractivity contribution < 1.29 is 36.6 Å². The van der Waals surface area contributed by atoms with E-state index in [0.717, 1.165) is 11.6 Å². The number of nitrogens with zero attached hydrogens (tertiary/aromatic N) is 2. The molecular weight excluding hydrogens is 528 g/mol. The average Bonchev–Trinajstić information content (AvgIpc) is 2.94. The molecule has 0 aliphatic carbocycles. The summed E-state index contributed by atoms with van der Waals surface area (Å²) in [7, 11) is 0. The minimum Gasteiger partial charge on any atom is -0.420 e. The van der Waals surface area contributed by atoms with Crippen molar-refractivity contribution in [3.8, 4) is 28.3 Å². The largest absolute Gasteiger partial charge is 0.449 e. The molecule has 6 nitrogen and oxygen atoms in total. The second-order valence-electron chi connectivity index (χ2n) is 8.38. The number of aromatic nitrogens is 2. The fraction of sp³-hybridized carbons (Fsp3) is 0.0667. The molecule has 0 N–H and O–H groups in total. The highest BCUT2D eigenvalue weighted by Crippen LogP contribution is 2.29. The number of allylic oxidation sites excluding steroid dienone is 2. The maximum absolute atomic E-state index is 14.9. The summed E-state index contributed by atoms with van der Waals surface area (Å²) in [5.74, 6) is -4.54. The van der Waals surface area contributed by atoms with E-state index < -0.39 is 29.7 Å². The van der Waals surface area contributed by atoms with Crippen molar-refractivity contribution in [2.24, 2.45) is 0 Å². The molecule has 1 heterocycles. The second-order valence-corrected chi connectivity index (χ2v) is 8.38. The van der Waals surface area contributed by atoms with Crippen molar-refractivity contribution in [1.82, 2.24) is 9.97 Å². The Morgan fingerprint density at radius 3 is 2.17 bits per heavy atom. The summed E-state index contributed by atoms with van der Waals surface area (Å²) in [6, 6.07) is 15.6. The van der Waals surface area contributed by atoms with Gasteiger partial charge in [-0.3, -0.25) is 0 Å². The Labute approximate surface area is 226 Å². The number of alkyl halides is 3. The van der Waals surface area contributed by atoms with Gasteiger partial charge in [-0.1, -0.05) is 43.0 Å². The van der Waals surface area contributed by atoms with Crippen molar-refractivity contribution in [2.45, 2.75) is 12.6 Å². The molecule has 0 saturated heterocycles. The fourth-order valence-electron chi connectivity index (χ4n) is 3.58. The van der Waals surface area contributed by atoms with Gasteiger partial charge in [-0.2, -0.15) is 13.2 Å². The highest BCUT2D eigenvalue weighted by atomic mass is 19.4. The van der Waals surface area contributed by atoms with Gasteiger partial charge in [-0.15, -0.1) is 6.58 Å². The highest BCUT2D eigenvalue weighted by Gasteiger charge is 2.35. The number of halogens is 4. The molecule has 10 heteroatoms. The smallest absolute Gasteiger partial charge is 0.420 e. The third kappa shape index (κ3) is 6.47. The van der Waals surface area contributed by atoms with Gasteiger partial charge < -0.3 is 9.47 Å². The first-order valence-electron chi connectivity index (χ1n) is 11.7. The summed E-state index contributed by atoms with van der Waals surface area (Å²) in [6.45, 7) is 6.36. The molecule has 4 aromatic rings. The van der Waals surface area contributed by atoms with Gasteiger partial charge in [0.05, 0.1) is 11.1 Å². The van der Waals surface area contributed by atoms with E-state index in [0.29, 0.717) is 28.9 Å². The van der Waals surface area contributed by atoms with Crippen LogP contribution in [0.1, 0.15) is 26.3 Å². The van der Waals surface area contributed by atoms with Crippen molar-refractivity contribution >= 4 is 11.9 Å².